The van der Waals surface area contributed by atoms with Crippen LogP contribution in [0.25, 0.3) is 10.4 Å². The van der Waals surface area contributed by atoms with Crippen molar-refractivity contribution in [1.29, 1.82) is 0 Å². The molecular formula is C16H18Cl2N2S2. The minimum atomic E-state index is 0. The van der Waals surface area contributed by atoms with Crippen molar-refractivity contribution < 1.29 is 0 Å². The Labute approximate surface area is 151 Å². The Morgan fingerprint density at radius 1 is 1.00 bits per heavy atom. The molecule has 1 aromatic carbocycles. The first-order chi connectivity index (χ1) is 9.81. The second kappa shape index (κ2) is 9.28. The molecule has 3 aromatic rings. The second-order valence-corrected chi connectivity index (χ2v) is 6.82. The highest BCUT2D eigenvalue weighted by molar-refractivity contribution is 7.15. The summed E-state index contributed by atoms with van der Waals surface area (Å²) in [6, 6.07) is 14.9. The van der Waals surface area contributed by atoms with E-state index in [1.807, 2.05) is 18.3 Å². The van der Waals surface area contributed by atoms with Crippen molar-refractivity contribution in [2.45, 2.75) is 20.0 Å². The second-order valence-electron chi connectivity index (χ2n) is 4.59. The maximum absolute atomic E-state index is 4.45. The predicted molar refractivity (Wildman–Crippen MR) is 102 cm³/mol. The molecule has 2 nitrogen and oxygen atoms in total. The summed E-state index contributed by atoms with van der Waals surface area (Å²) >= 11 is 3.55. The van der Waals surface area contributed by atoms with Gasteiger partial charge in [0.05, 0.1) is 10.7 Å². The molecule has 0 atom stereocenters. The van der Waals surface area contributed by atoms with Crippen molar-refractivity contribution in [1.82, 2.24) is 10.3 Å². The standard InChI is InChI=1S/C16H16N2S2.2ClH/c1-12-18-14(11-19-12)9-17-10-15-7-8-16(20-15)13-5-3-2-4-6-13;;/h2-8,11,17H,9-10H2,1H3;2*1H. The average Bonchev–Trinajstić information content (AvgIpc) is 3.09. The zero-order valence-corrected chi connectivity index (χ0v) is 15.4. The van der Waals surface area contributed by atoms with E-state index in [0.29, 0.717) is 0 Å². The number of thiophene rings is 1. The van der Waals surface area contributed by atoms with E-state index in [1.54, 1.807) is 11.3 Å². The summed E-state index contributed by atoms with van der Waals surface area (Å²) in [6.45, 7) is 3.77. The maximum Gasteiger partial charge on any atom is 0.0897 e. The summed E-state index contributed by atoms with van der Waals surface area (Å²) in [5.74, 6) is 0. The summed E-state index contributed by atoms with van der Waals surface area (Å²) in [5, 5.41) is 6.70. The lowest BCUT2D eigenvalue weighted by Crippen LogP contribution is -2.11. The summed E-state index contributed by atoms with van der Waals surface area (Å²) < 4.78 is 0. The van der Waals surface area contributed by atoms with Gasteiger partial charge in [0.2, 0.25) is 0 Å². The Bertz CT molecular complexity index is 680. The lowest BCUT2D eigenvalue weighted by molar-refractivity contribution is 0.688. The summed E-state index contributed by atoms with van der Waals surface area (Å²) in [5.41, 5.74) is 2.42. The van der Waals surface area contributed by atoms with Crippen LogP contribution in [0.3, 0.4) is 0 Å². The molecule has 0 saturated heterocycles. The first kappa shape index (κ1) is 19.1. The summed E-state index contributed by atoms with van der Waals surface area (Å²) in [6.07, 6.45) is 0. The van der Waals surface area contributed by atoms with Crippen molar-refractivity contribution in [2.24, 2.45) is 0 Å². The van der Waals surface area contributed by atoms with E-state index in [-0.39, 0.29) is 24.8 Å². The van der Waals surface area contributed by atoms with E-state index in [1.165, 1.54) is 15.3 Å². The van der Waals surface area contributed by atoms with Crippen molar-refractivity contribution >= 4 is 47.5 Å². The van der Waals surface area contributed by atoms with Gasteiger partial charge < -0.3 is 5.32 Å². The number of hydrogen-bond donors (Lipinski definition) is 1. The molecule has 0 saturated carbocycles. The van der Waals surface area contributed by atoms with Crippen molar-refractivity contribution in [2.75, 3.05) is 0 Å². The van der Waals surface area contributed by atoms with Gasteiger partial charge in [-0.25, -0.2) is 4.98 Å². The van der Waals surface area contributed by atoms with Gasteiger partial charge in [0.1, 0.15) is 0 Å². The van der Waals surface area contributed by atoms with Crippen LogP contribution < -0.4 is 5.32 Å². The molecule has 0 amide bonds. The fraction of sp³-hybridized carbons (Fsp3) is 0.188. The SMILES string of the molecule is Cc1nc(CNCc2ccc(-c3ccccc3)s2)cs1.Cl.Cl. The smallest absolute Gasteiger partial charge is 0.0897 e. The number of nitrogens with zero attached hydrogens (tertiary/aromatic N) is 1. The molecule has 0 fully saturated rings. The zero-order valence-electron chi connectivity index (χ0n) is 12.1. The molecule has 0 bridgehead atoms. The lowest BCUT2D eigenvalue weighted by Gasteiger charge is -2.00. The van der Waals surface area contributed by atoms with Crippen molar-refractivity contribution in [3.05, 3.63) is 63.4 Å². The summed E-state index contributed by atoms with van der Waals surface area (Å²) in [4.78, 5) is 7.14. The Morgan fingerprint density at radius 3 is 2.45 bits per heavy atom. The van der Waals surface area contributed by atoms with Gasteiger partial charge in [-0.15, -0.1) is 47.5 Å². The number of aromatic nitrogens is 1. The van der Waals surface area contributed by atoms with Crippen LogP contribution in [0.4, 0.5) is 0 Å². The Balaban J connectivity index is 0.00000121. The van der Waals surface area contributed by atoms with Gasteiger partial charge in [0, 0.05) is 28.2 Å². The van der Waals surface area contributed by atoms with E-state index in [4.69, 9.17) is 0 Å². The molecule has 2 aromatic heterocycles. The molecule has 0 spiro atoms. The molecule has 3 rings (SSSR count). The number of thiazole rings is 1. The fourth-order valence-electron chi connectivity index (χ4n) is 2.03. The van der Waals surface area contributed by atoms with Crippen LogP contribution >= 0.6 is 47.5 Å². The van der Waals surface area contributed by atoms with E-state index in [0.717, 1.165) is 23.8 Å². The largest absolute Gasteiger partial charge is 0.306 e. The third kappa shape index (κ3) is 5.07. The average molecular weight is 373 g/mol. The first-order valence-electron chi connectivity index (χ1n) is 6.57. The minimum Gasteiger partial charge on any atom is -0.306 e. The van der Waals surface area contributed by atoms with Crippen LogP contribution in [-0.4, -0.2) is 4.98 Å². The first-order valence-corrected chi connectivity index (χ1v) is 8.27. The van der Waals surface area contributed by atoms with Gasteiger partial charge in [-0.3, -0.25) is 0 Å². The molecule has 0 radical (unpaired) electrons. The van der Waals surface area contributed by atoms with Crippen LogP contribution in [0.5, 0.6) is 0 Å². The van der Waals surface area contributed by atoms with Crippen LogP contribution in [0, 0.1) is 6.92 Å². The third-order valence-corrected chi connectivity index (χ3v) is 4.95. The topological polar surface area (TPSA) is 24.9 Å². The monoisotopic (exact) mass is 372 g/mol. The molecule has 0 aliphatic heterocycles. The highest BCUT2D eigenvalue weighted by atomic mass is 35.5. The molecule has 22 heavy (non-hydrogen) atoms. The van der Waals surface area contributed by atoms with Crippen LogP contribution in [0.15, 0.2) is 47.8 Å². The molecule has 6 heteroatoms. The Morgan fingerprint density at radius 2 is 1.77 bits per heavy atom. The van der Waals surface area contributed by atoms with Gasteiger partial charge in [0.25, 0.3) is 0 Å². The highest BCUT2D eigenvalue weighted by Crippen LogP contribution is 2.27. The molecule has 1 N–H and O–H groups in total. The van der Waals surface area contributed by atoms with Crippen LogP contribution in [-0.2, 0) is 13.1 Å². The molecule has 0 unspecified atom stereocenters. The third-order valence-electron chi connectivity index (χ3n) is 2.99. The maximum atomic E-state index is 4.45. The van der Waals surface area contributed by atoms with E-state index < -0.39 is 0 Å². The predicted octanol–water partition coefficient (Wildman–Crippen LogP) is 5.31. The van der Waals surface area contributed by atoms with E-state index in [2.05, 4.69) is 58.1 Å². The van der Waals surface area contributed by atoms with E-state index >= 15 is 0 Å². The van der Waals surface area contributed by atoms with Gasteiger partial charge in [-0.2, -0.15) is 0 Å². The molecule has 118 valence electrons. The fourth-order valence-corrected chi connectivity index (χ4v) is 3.63. The number of aryl methyl sites for hydroxylation is 1. The molecule has 2 heterocycles. The zero-order chi connectivity index (χ0) is 13.8. The van der Waals surface area contributed by atoms with Crippen LogP contribution in [0.2, 0.25) is 0 Å². The normalized spacial score (nSPS) is 9.86. The summed E-state index contributed by atoms with van der Waals surface area (Å²) in [7, 11) is 0. The molecule has 0 aliphatic carbocycles. The minimum absolute atomic E-state index is 0. The molecular weight excluding hydrogens is 355 g/mol. The van der Waals surface area contributed by atoms with Crippen molar-refractivity contribution in [3.63, 3.8) is 0 Å². The Hall–Kier alpha value is -0.910. The number of hydrogen-bond acceptors (Lipinski definition) is 4. The lowest BCUT2D eigenvalue weighted by atomic mass is 10.2. The van der Waals surface area contributed by atoms with Gasteiger partial charge in [-0.1, -0.05) is 30.3 Å². The van der Waals surface area contributed by atoms with E-state index in [9.17, 15) is 0 Å². The van der Waals surface area contributed by atoms with Gasteiger partial charge in [0.15, 0.2) is 0 Å². The van der Waals surface area contributed by atoms with Gasteiger partial charge >= 0.3 is 0 Å². The highest BCUT2D eigenvalue weighted by Gasteiger charge is 2.03. The van der Waals surface area contributed by atoms with Gasteiger partial charge in [-0.05, 0) is 24.6 Å². The number of halogens is 2. The quantitative estimate of drug-likeness (QED) is 0.655. The Kier molecular flexibility index (Phi) is 8.07. The number of rotatable bonds is 5. The van der Waals surface area contributed by atoms with Crippen molar-refractivity contribution in [3.8, 4) is 10.4 Å². The number of benzene rings is 1. The van der Waals surface area contributed by atoms with Crippen LogP contribution in [0.1, 0.15) is 15.6 Å². The number of nitrogens with one attached hydrogen (secondary N) is 1. The molecule has 0 aliphatic rings.